The number of rotatable bonds is 5. The number of fused-ring (bicyclic) bond motifs is 1. The van der Waals surface area contributed by atoms with E-state index in [-0.39, 0.29) is 5.41 Å². The predicted octanol–water partition coefficient (Wildman–Crippen LogP) is 3.17. The van der Waals surface area contributed by atoms with E-state index in [0.717, 1.165) is 28.5 Å². The topological polar surface area (TPSA) is 78.1 Å². The number of methoxy groups -OCH3 is 1. The van der Waals surface area contributed by atoms with Gasteiger partial charge in [-0.15, -0.1) is 0 Å². The van der Waals surface area contributed by atoms with Crippen LogP contribution in [0, 0.1) is 0 Å². The highest BCUT2D eigenvalue weighted by atomic mass is 16.6. The van der Waals surface area contributed by atoms with E-state index in [1.165, 1.54) is 0 Å². The van der Waals surface area contributed by atoms with Crippen molar-refractivity contribution >= 4 is 11.6 Å². The first-order valence-electron chi connectivity index (χ1n) is 8.59. The van der Waals surface area contributed by atoms with Crippen LogP contribution in [0.1, 0.15) is 19.4 Å². The van der Waals surface area contributed by atoms with Gasteiger partial charge in [0.05, 0.1) is 13.7 Å². The fraction of sp³-hybridized carbons (Fsp3) is 0.350. The van der Waals surface area contributed by atoms with Gasteiger partial charge in [-0.3, -0.25) is 4.99 Å². The molecule has 0 saturated heterocycles. The van der Waals surface area contributed by atoms with E-state index in [2.05, 4.69) is 30.2 Å². The quantitative estimate of drug-likeness (QED) is 0.636. The lowest BCUT2D eigenvalue weighted by molar-refractivity contribution is 0.171. The van der Waals surface area contributed by atoms with Crippen molar-refractivity contribution in [3.63, 3.8) is 0 Å². The Kier molecular flexibility index (Phi) is 5.21. The molecule has 1 aliphatic rings. The number of hydrogen-bond acceptors (Lipinski definition) is 4. The molecule has 2 aromatic rings. The van der Waals surface area contributed by atoms with Crippen molar-refractivity contribution in [2.45, 2.75) is 19.3 Å². The molecule has 0 saturated carbocycles. The Bertz CT molecular complexity index is 803. The minimum Gasteiger partial charge on any atom is -0.497 e. The first-order valence-corrected chi connectivity index (χ1v) is 8.59. The molecular weight excluding hydrogens is 330 g/mol. The van der Waals surface area contributed by atoms with Crippen LogP contribution in [0.25, 0.3) is 0 Å². The zero-order chi connectivity index (χ0) is 18.6. The second kappa shape index (κ2) is 7.56. The zero-order valence-electron chi connectivity index (χ0n) is 15.4. The van der Waals surface area contributed by atoms with Gasteiger partial charge in [-0.05, 0) is 29.8 Å². The number of nitrogens with two attached hydrogens (primary N) is 1. The summed E-state index contributed by atoms with van der Waals surface area (Å²) in [5, 5.41) is 3.09. The highest BCUT2D eigenvalue weighted by Crippen LogP contribution is 2.35. The van der Waals surface area contributed by atoms with Crippen LogP contribution in [0.5, 0.6) is 17.2 Å². The summed E-state index contributed by atoms with van der Waals surface area (Å²) in [7, 11) is 1.63. The Balaban J connectivity index is 1.69. The van der Waals surface area contributed by atoms with Gasteiger partial charge in [0.2, 0.25) is 0 Å². The van der Waals surface area contributed by atoms with Crippen molar-refractivity contribution in [2.24, 2.45) is 10.7 Å². The van der Waals surface area contributed by atoms with Crippen molar-refractivity contribution in [3.8, 4) is 17.2 Å². The number of benzene rings is 2. The SMILES string of the molecule is COc1cccc(NC(N)=NCC(C)(C)c2ccc3c(c2)OCCO3)c1. The number of hydrogen-bond donors (Lipinski definition) is 2. The van der Waals surface area contributed by atoms with Crippen LogP contribution in [0.15, 0.2) is 47.5 Å². The molecule has 26 heavy (non-hydrogen) atoms. The molecule has 1 heterocycles. The molecule has 1 aliphatic heterocycles. The summed E-state index contributed by atoms with van der Waals surface area (Å²) in [5.74, 6) is 2.70. The molecule has 6 heteroatoms. The maximum atomic E-state index is 6.05. The lowest BCUT2D eigenvalue weighted by Gasteiger charge is -2.26. The standard InChI is InChI=1S/C20H25N3O3/c1-20(2,14-7-8-17-18(11-14)26-10-9-25-17)13-22-19(21)23-15-5-4-6-16(12-15)24-3/h4-8,11-12H,9-10,13H2,1-3H3,(H3,21,22,23). The number of nitrogens with zero attached hydrogens (tertiary/aromatic N) is 1. The monoisotopic (exact) mass is 355 g/mol. The second-order valence-electron chi connectivity index (χ2n) is 6.80. The lowest BCUT2D eigenvalue weighted by Crippen LogP contribution is -2.28. The molecular formula is C20H25N3O3. The van der Waals surface area contributed by atoms with E-state index >= 15 is 0 Å². The molecule has 0 aliphatic carbocycles. The molecule has 0 fully saturated rings. The van der Waals surface area contributed by atoms with Gasteiger partial charge in [-0.1, -0.05) is 26.0 Å². The van der Waals surface area contributed by atoms with Gasteiger partial charge >= 0.3 is 0 Å². The molecule has 0 radical (unpaired) electrons. The van der Waals surface area contributed by atoms with Gasteiger partial charge in [0.15, 0.2) is 17.5 Å². The number of guanidine groups is 1. The first kappa shape index (κ1) is 17.9. The van der Waals surface area contributed by atoms with Gasteiger partial charge in [0.1, 0.15) is 19.0 Å². The minimum atomic E-state index is -0.198. The summed E-state index contributed by atoms with van der Waals surface area (Å²) in [4.78, 5) is 4.51. The van der Waals surface area contributed by atoms with Gasteiger partial charge < -0.3 is 25.3 Å². The van der Waals surface area contributed by atoms with Crippen LogP contribution < -0.4 is 25.3 Å². The van der Waals surface area contributed by atoms with Crippen LogP contribution >= 0.6 is 0 Å². The molecule has 0 bridgehead atoms. The Hall–Kier alpha value is -2.89. The Morgan fingerprint density at radius 2 is 1.92 bits per heavy atom. The molecule has 0 amide bonds. The van der Waals surface area contributed by atoms with Gasteiger partial charge in [-0.25, -0.2) is 0 Å². The van der Waals surface area contributed by atoms with Gasteiger partial charge in [0, 0.05) is 17.2 Å². The normalized spacial score (nSPS) is 14.0. The molecule has 6 nitrogen and oxygen atoms in total. The Morgan fingerprint density at radius 1 is 1.15 bits per heavy atom. The number of aliphatic imine (C=N–C) groups is 1. The maximum Gasteiger partial charge on any atom is 0.193 e. The summed E-state index contributed by atoms with van der Waals surface area (Å²) in [6.07, 6.45) is 0. The van der Waals surface area contributed by atoms with Crippen molar-refractivity contribution < 1.29 is 14.2 Å². The summed E-state index contributed by atoms with van der Waals surface area (Å²) in [6, 6.07) is 13.6. The van der Waals surface area contributed by atoms with Crippen LogP contribution in [0.2, 0.25) is 0 Å². The second-order valence-corrected chi connectivity index (χ2v) is 6.80. The average molecular weight is 355 g/mol. The summed E-state index contributed by atoms with van der Waals surface area (Å²) in [5.41, 5.74) is 7.81. The number of nitrogens with one attached hydrogen (secondary N) is 1. The van der Waals surface area contributed by atoms with Crippen molar-refractivity contribution in [1.29, 1.82) is 0 Å². The van der Waals surface area contributed by atoms with E-state index in [0.29, 0.717) is 25.7 Å². The third kappa shape index (κ3) is 4.20. The molecule has 0 unspecified atom stereocenters. The average Bonchev–Trinajstić information content (AvgIpc) is 2.66. The largest absolute Gasteiger partial charge is 0.497 e. The van der Waals surface area contributed by atoms with Crippen LogP contribution in [0.3, 0.4) is 0 Å². The van der Waals surface area contributed by atoms with Crippen LogP contribution in [-0.2, 0) is 5.41 Å². The van der Waals surface area contributed by atoms with Crippen LogP contribution in [-0.4, -0.2) is 32.8 Å². The zero-order valence-corrected chi connectivity index (χ0v) is 15.4. The maximum absolute atomic E-state index is 6.05. The van der Waals surface area contributed by atoms with Crippen molar-refractivity contribution in [2.75, 3.05) is 32.2 Å². The van der Waals surface area contributed by atoms with Crippen molar-refractivity contribution in [3.05, 3.63) is 48.0 Å². The lowest BCUT2D eigenvalue weighted by atomic mass is 9.84. The van der Waals surface area contributed by atoms with Gasteiger partial charge in [0.25, 0.3) is 0 Å². The first-order chi connectivity index (χ1) is 12.5. The van der Waals surface area contributed by atoms with E-state index in [9.17, 15) is 0 Å². The minimum absolute atomic E-state index is 0.198. The van der Waals surface area contributed by atoms with E-state index in [1.54, 1.807) is 7.11 Å². The molecule has 2 aromatic carbocycles. The molecule has 3 rings (SSSR count). The summed E-state index contributed by atoms with van der Waals surface area (Å²) < 4.78 is 16.5. The fourth-order valence-electron chi connectivity index (χ4n) is 2.73. The fourth-order valence-corrected chi connectivity index (χ4v) is 2.73. The highest BCUT2D eigenvalue weighted by Gasteiger charge is 2.23. The van der Waals surface area contributed by atoms with Crippen LogP contribution in [0.4, 0.5) is 5.69 Å². The highest BCUT2D eigenvalue weighted by molar-refractivity contribution is 5.92. The van der Waals surface area contributed by atoms with Gasteiger partial charge in [-0.2, -0.15) is 0 Å². The van der Waals surface area contributed by atoms with E-state index < -0.39 is 0 Å². The third-order valence-electron chi connectivity index (χ3n) is 4.31. The molecule has 0 spiro atoms. The number of ether oxygens (including phenoxy) is 3. The van der Waals surface area contributed by atoms with E-state index in [1.807, 2.05) is 36.4 Å². The molecule has 3 N–H and O–H groups in total. The number of anilines is 1. The smallest absolute Gasteiger partial charge is 0.193 e. The summed E-state index contributed by atoms with van der Waals surface area (Å²) >= 11 is 0. The molecule has 0 atom stereocenters. The van der Waals surface area contributed by atoms with Crippen molar-refractivity contribution in [1.82, 2.24) is 0 Å². The summed E-state index contributed by atoms with van der Waals surface area (Å²) in [6.45, 7) is 5.95. The molecule has 0 aromatic heterocycles. The Labute approximate surface area is 154 Å². The predicted molar refractivity (Wildman–Crippen MR) is 104 cm³/mol. The Morgan fingerprint density at radius 3 is 2.69 bits per heavy atom. The third-order valence-corrected chi connectivity index (χ3v) is 4.31. The van der Waals surface area contributed by atoms with E-state index in [4.69, 9.17) is 19.9 Å². The molecule has 138 valence electrons.